The molecule has 1 aromatic carbocycles. The van der Waals surface area contributed by atoms with Gasteiger partial charge in [-0.15, -0.1) is 0 Å². The topological polar surface area (TPSA) is 41.5 Å². The number of nitrogens with one attached hydrogen (secondary N) is 1. The van der Waals surface area contributed by atoms with E-state index < -0.39 is 0 Å². The van der Waals surface area contributed by atoms with E-state index in [2.05, 4.69) is 29.9 Å². The minimum absolute atomic E-state index is 0.0788. The number of aromatic hydroxyl groups is 1. The maximum absolute atomic E-state index is 10.3. The van der Waals surface area contributed by atoms with Gasteiger partial charge in [0.25, 0.3) is 0 Å². The van der Waals surface area contributed by atoms with Crippen LogP contribution < -0.4 is 5.32 Å². The lowest BCUT2D eigenvalue weighted by Crippen LogP contribution is -2.12. The van der Waals surface area contributed by atoms with Gasteiger partial charge in [-0.1, -0.05) is 23.8 Å². The third kappa shape index (κ3) is 4.34. The van der Waals surface area contributed by atoms with E-state index in [4.69, 9.17) is 4.18 Å². The smallest absolute Gasteiger partial charge is 0.119 e. The van der Waals surface area contributed by atoms with Gasteiger partial charge < -0.3 is 14.6 Å². The van der Waals surface area contributed by atoms with Crippen LogP contribution in [-0.2, 0) is 17.0 Å². The van der Waals surface area contributed by atoms with Crippen LogP contribution in [-0.4, -0.2) is 36.9 Å². The minimum atomic E-state index is -0.0788. The summed E-state index contributed by atoms with van der Waals surface area (Å²) < 4.78 is 5.87. The van der Waals surface area contributed by atoms with Crippen LogP contribution in [0.3, 0.4) is 0 Å². The molecule has 1 unspecified atom stereocenters. The average molecular weight is 324 g/mol. The van der Waals surface area contributed by atoms with E-state index in [0.29, 0.717) is 18.3 Å². The van der Waals surface area contributed by atoms with Crippen molar-refractivity contribution in [3.63, 3.8) is 0 Å². The average Bonchev–Trinajstić information content (AvgIpc) is 2.91. The Morgan fingerprint density at radius 3 is 3.00 bits per heavy atom. The molecule has 1 aromatic rings. The Hall–Kier alpha value is -0.840. The molecule has 1 aliphatic carbocycles. The zero-order valence-electron chi connectivity index (χ0n) is 14.0. The summed E-state index contributed by atoms with van der Waals surface area (Å²) >= 11 is 0. The molecule has 4 heteroatoms. The summed E-state index contributed by atoms with van der Waals surface area (Å²) in [5, 5.41) is 15.8. The summed E-state index contributed by atoms with van der Waals surface area (Å²) in [7, 11) is 1.92. The van der Waals surface area contributed by atoms with Crippen molar-refractivity contribution in [1.82, 2.24) is 5.32 Å². The van der Waals surface area contributed by atoms with Crippen molar-refractivity contribution >= 4 is 16.1 Å². The fourth-order valence-corrected chi connectivity index (χ4v) is 4.24. The standard InChI is InChI=1S/C18H29NO2S/c1-4-13-22(3)21-12-10-16-17(20)8-7-14-5-6-15(18(14)16)9-11-19-2/h7-8,13,15,19-20H,4-6,9-12H2,1-3H3/t15-,22?/m0/s1. The molecule has 2 N–H and O–H groups in total. The van der Waals surface area contributed by atoms with Crippen LogP contribution in [0.1, 0.15) is 48.8 Å². The van der Waals surface area contributed by atoms with Gasteiger partial charge >= 0.3 is 0 Å². The Balaban J connectivity index is 2.10. The highest BCUT2D eigenvalue weighted by molar-refractivity contribution is 8.10. The van der Waals surface area contributed by atoms with Gasteiger partial charge in [-0.2, -0.15) is 0 Å². The van der Waals surface area contributed by atoms with Crippen molar-refractivity contribution in [2.24, 2.45) is 0 Å². The summed E-state index contributed by atoms with van der Waals surface area (Å²) in [5.74, 6) is 1.01. The van der Waals surface area contributed by atoms with Crippen molar-refractivity contribution in [1.29, 1.82) is 0 Å². The number of fused-ring (bicyclic) bond motifs is 1. The lowest BCUT2D eigenvalue weighted by molar-refractivity contribution is 0.372. The summed E-state index contributed by atoms with van der Waals surface area (Å²) in [4.78, 5) is 0. The number of aryl methyl sites for hydroxylation is 1. The Bertz CT molecular complexity index is 528. The molecule has 3 nitrogen and oxygen atoms in total. The van der Waals surface area contributed by atoms with Crippen LogP contribution >= 0.6 is 10.8 Å². The van der Waals surface area contributed by atoms with E-state index in [-0.39, 0.29) is 10.8 Å². The summed E-state index contributed by atoms with van der Waals surface area (Å²) in [6.45, 7) is 3.84. The van der Waals surface area contributed by atoms with E-state index in [0.717, 1.165) is 37.8 Å². The molecule has 0 saturated carbocycles. The maximum atomic E-state index is 10.3. The number of phenolic OH excluding ortho intramolecular Hbond substituents is 1. The second-order valence-electron chi connectivity index (χ2n) is 5.91. The number of benzene rings is 1. The second-order valence-corrected chi connectivity index (χ2v) is 7.48. The molecular formula is C18H29NO2S. The highest BCUT2D eigenvalue weighted by Gasteiger charge is 2.26. The number of phenols is 1. The van der Waals surface area contributed by atoms with E-state index in [9.17, 15) is 5.11 Å². The SMILES string of the molecule is CCC=S(C)OCCc1c(O)ccc2c1[C@H](CCNC)CC2. The molecule has 124 valence electrons. The van der Waals surface area contributed by atoms with Crippen molar-refractivity contribution in [3.8, 4) is 5.75 Å². The van der Waals surface area contributed by atoms with Gasteiger partial charge in [0.2, 0.25) is 0 Å². The van der Waals surface area contributed by atoms with Crippen molar-refractivity contribution in [2.45, 2.75) is 44.9 Å². The maximum Gasteiger partial charge on any atom is 0.119 e. The first-order chi connectivity index (χ1) is 10.7. The summed E-state index contributed by atoms with van der Waals surface area (Å²) in [6.07, 6.45) is 7.43. The van der Waals surface area contributed by atoms with E-state index in [1.165, 1.54) is 17.5 Å². The van der Waals surface area contributed by atoms with E-state index >= 15 is 0 Å². The molecule has 0 saturated heterocycles. The molecule has 0 amide bonds. The van der Waals surface area contributed by atoms with Crippen molar-refractivity contribution in [3.05, 3.63) is 28.8 Å². The third-order valence-electron chi connectivity index (χ3n) is 4.36. The first-order valence-corrected chi connectivity index (χ1v) is 9.89. The van der Waals surface area contributed by atoms with Crippen LogP contribution in [0.5, 0.6) is 5.75 Å². The minimum Gasteiger partial charge on any atom is -0.508 e. The van der Waals surface area contributed by atoms with Gasteiger partial charge in [0.15, 0.2) is 0 Å². The molecule has 2 atom stereocenters. The molecular weight excluding hydrogens is 294 g/mol. The molecule has 0 heterocycles. The fraction of sp³-hybridized carbons (Fsp3) is 0.611. The van der Waals surface area contributed by atoms with Gasteiger partial charge in [-0.25, -0.2) is 0 Å². The molecule has 0 spiro atoms. The molecule has 22 heavy (non-hydrogen) atoms. The first kappa shape index (κ1) is 17.5. The van der Waals surface area contributed by atoms with Crippen LogP contribution in [0.4, 0.5) is 0 Å². The summed E-state index contributed by atoms with van der Waals surface area (Å²) in [6, 6.07) is 3.96. The zero-order chi connectivity index (χ0) is 15.9. The zero-order valence-corrected chi connectivity index (χ0v) is 14.8. The predicted molar refractivity (Wildman–Crippen MR) is 97.2 cm³/mol. The van der Waals surface area contributed by atoms with Crippen molar-refractivity contribution in [2.75, 3.05) is 26.5 Å². The lowest BCUT2D eigenvalue weighted by atomic mass is 9.91. The first-order valence-electron chi connectivity index (χ1n) is 8.26. The quantitative estimate of drug-likeness (QED) is 0.718. The molecule has 1 aliphatic rings. The summed E-state index contributed by atoms with van der Waals surface area (Å²) in [5.41, 5.74) is 3.93. The monoisotopic (exact) mass is 323 g/mol. The van der Waals surface area contributed by atoms with Gasteiger partial charge in [0.05, 0.1) is 6.61 Å². The largest absolute Gasteiger partial charge is 0.508 e. The Labute approximate surface area is 137 Å². The van der Waals surface area contributed by atoms with Gasteiger partial charge in [0, 0.05) is 12.7 Å². The Morgan fingerprint density at radius 1 is 1.45 bits per heavy atom. The Kier molecular flexibility index (Phi) is 6.93. The molecule has 0 radical (unpaired) electrons. The predicted octanol–water partition coefficient (Wildman–Crippen LogP) is 3.62. The second kappa shape index (κ2) is 8.70. The molecule has 0 bridgehead atoms. The van der Waals surface area contributed by atoms with Crippen LogP contribution in [0.25, 0.3) is 0 Å². The van der Waals surface area contributed by atoms with Crippen LogP contribution in [0.15, 0.2) is 12.1 Å². The van der Waals surface area contributed by atoms with Gasteiger partial charge in [-0.05, 0) is 73.3 Å². The normalized spacial score (nSPS) is 18.6. The highest BCUT2D eigenvalue weighted by Crippen LogP contribution is 2.41. The molecule has 0 aromatic heterocycles. The van der Waals surface area contributed by atoms with Gasteiger partial charge in [-0.3, -0.25) is 0 Å². The number of rotatable bonds is 8. The highest BCUT2D eigenvalue weighted by atomic mass is 32.2. The Morgan fingerprint density at radius 2 is 2.27 bits per heavy atom. The van der Waals surface area contributed by atoms with Gasteiger partial charge in [0.1, 0.15) is 5.75 Å². The third-order valence-corrected chi connectivity index (χ3v) is 5.70. The van der Waals surface area contributed by atoms with Crippen molar-refractivity contribution < 1.29 is 9.29 Å². The van der Waals surface area contributed by atoms with E-state index in [1.54, 1.807) is 0 Å². The molecule has 0 fully saturated rings. The fourth-order valence-electron chi connectivity index (χ4n) is 3.33. The lowest BCUT2D eigenvalue weighted by Gasteiger charge is -2.17. The van der Waals surface area contributed by atoms with E-state index in [1.807, 2.05) is 13.1 Å². The number of hydrogen-bond donors (Lipinski definition) is 2. The van der Waals surface area contributed by atoms with Crippen LogP contribution in [0.2, 0.25) is 0 Å². The molecule has 0 aliphatic heterocycles. The molecule has 2 rings (SSSR count). The van der Waals surface area contributed by atoms with Crippen LogP contribution in [0, 0.1) is 0 Å². The number of hydrogen-bond acceptors (Lipinski definition) is 3.